The number of hydrogen-bond acceptors (Lipinski definition) is 8. The van der Waals surface area contributed by atoms with E-state index >= 15 is 0 Å². The van der Waals surface area contributed by atoms with Gasteiger partial charge in [0.15, 0.2) is 23.6 Å². The molecule has 0 unspecified atom stereocenters. The van der Waals surface area contributed by atoms with Gasteiger partial charge in [-0.15, -0.1) is 0 Å². The lowest BCUT2D eigenvalue weighted by Crippen LogP contribution is -2.55. The average molecular weight is 550 g/mol. The topological polar surface area (TPSA) is 134 Å². The van der Waals surface area contributed by atoms with Crippen LogP contribution in [0.25, 0.3) is 11.0 Å². The van der Waals surface area contributed by atoms with Crippen LogP contribution in [-0.2, 0) is 20.9 Å². The molecule has 2 fully saturated rings. The standard InChI is InChI=1S/C25H26ClF2N5O5/c26-18-4-2-16(11-14(18)13-32-7-5-25(27,28)6-8-32)33-9-10-37-21(24(33)36)20(34)23(35)30-15-1-3-17-19(12-15)38-31-22(17)29/h1-4,11-12,20-21,34H,5-10,13H2,(H2,29,31)(H,30,35)/t20-,21-/m1/s1. The molecule has 13 heteroatoms. The van der Waals surface area contributed by atoms with Crippen molar-refractivity contribution in [1.82, 2.24) is 10.1 Å². The van der Waals surface area contributed by atoms with Crippen molar-refractivity contribution in [2.75, 3.05) is 42.2 Å². The second kappa shape index (κ2) is 10.4. The summed E-state index contributed by atoms with van der Waals surface area (Å²) in [7, 11) is 0. The molecule has 2 amide bonds. The maximum Gasteiger partial charge on any atom is 0.259 e. The molecule has 2 aliphatic heterocycles. The molecule has 3 heterocycles. The Morgan fingerprint density at radius 2 is 2.00 bits per heavy atom. The summed E-state index contributed by atoms with van der Waals surface area (Å²) in [6, 6.07) is 9.69. The summed E-state index contributed by atoms with van der Waals surface area (Å²) < 4.78 is 37.6. The summed E-state index contributed by atoms with van der Waals surface area (Å²) in [5.41, 5.74) is 7.55. The first-order valence-electron chi connectivity index (χ1n) is 12.1. The monoisotopic (exact) mass is 549 g/mol. The summed E-state index contributed by atoms with van der Waals surface area (Å²) in [5.74, 6) is -3.87. The fourth-order valence-electron chi connectivity index (χ4n) is 4.61. The van der Waals surface area contributed by atoms with Crippen LogP contribution in [0.3, 0.4) is 0 Å². The Balaban J connectivity index is 1.27. The van der Waals surface area contributed by atoms with Gasteiger partial charge in [-0.3, -0.25) is 14.5 Å². The number of aliphatic hydroxyl groups is 1. The van der Waals surface area contributed by atoms with Crippen LogP contribution < -0.4 is 16.0 Å². The van der Waals surface area contributed by atoms with Gasteiger partial charge in [0.1, 0.15) is 0 Å². The largest absolute Gasteiger partial charge is 0.380 e. The predicted octanol–water partition coefficient (Wildman–Crippen LogP) is 3.03. The number of aromatic nitrogens is 1. The number of fused-ring (bicyclic) bond motifs is 1. The van der Waals surface area contributed by atoms with E-state index in [0.29, 0.717) is 39.5 Å². The molecule has 2 atom stereocenters. The van der Waals surface area contributed by atoms with E-state index in [9.17, 15) is 23.5 Å². The number of aliphatic hydroxyl groups excluding tert-OH is 1. The summed E-state index contributed by atoms with van der Waals surface area (Å²) in [6.07, 6.45) is -3.65. The summed E-state index contributed by atoms with van der Waals surface area (Å²) in [6.45, 7) is 1.12. The Morgan fingerprint density at radius 1 is 1.24 bits per heavy atom. The molecule has 3 aromatic rings. The third-order valence-electron chi connectivity index (χ3n) is 6.77. The first kappa shape index (κ1) is 26.3. The molecule has 0 spiro atoms. The lowest BCUT2D eigenvalue weighted by atomic mass is 10.1. The molecule has 2 aliphatic rings. The van der Waals surface area contributed by atoms with E-state index < -0.39 is 29.9 Å². The molecule has 10 nitrogen and oxygen atoms in total. The number of piperidine rings is 1. The second-order valence-corrected chi connectivity index (χ2v) is 9.81. The highest BCUT2D eigenvalue weighted by molar-refractivity contribution is 6.31. The number of nitrogens with one attached hydrogen (secondary N) is 1. The van der Waals surface area contributed by atoms with Crippen molar-refractivity contribution in [3.05, 3.63) is 47.0 Å². The number of carbonyl (C=O) groups is 2. The number of morpholine rings is 1. The van der Waals surface area contributed by atoms with Crippen LogP contribution in [-0.4, -0.2) is 71.3 Å². The minimum Gasteiger partial charge on any atom is -0.380 e. The van der Waals surface area contributed by atoms with Crippen LogP contribution in [0.4, 0.5) is 26.0 Å². The van der Waals surface area contributed by atoms with Gasteiger partial charge in [-0.05, 0) is 35.9 Å². The fraction of sp³-hybridized carbons (Fsp3) is 0.400. The Morgan fingerprint density at radius 3 is 2.76 bits per heavy atom. The molecule has 0 aliphatic carbocycles. The third kappa shape index (κ3) is 5.44. The van der Waals surface area contributed by atoms with Gasteiger partial charge < -0.3 is 30.3 Å². The number of halogens is 3. The van der Waals surface area contributed by atoms with Crippen molar-refractivity contribution < 1.29 is 32.7 Å². The molecule has 4 N–H and O–H groups in total. The van der Waals surface area contributed by atoms with Crippen molar-refractivity contribution in [2.45, 2.75) is 37.5 Å². The molecular weight excluding hydrogens is 524 g/mol. The highest BCUT2D eigenvalue weighted by Crippen LogP contribution is 2.31. The number of carbonyl (C=O) groups excluding carboxylic acids is 2. The number of ether oxygens (including phenoxy) is 1. The molecule has 5 rings (SSSR count). The van der Waals surface area contributed by atoms with Crippen molar-refractivity contribution in [3.8, 4) is 0 Å². The second-order valence-electron chi connectivity index (χ2n) is 9.40. The van der Waals surface area contributed by atoms with E-state index in [1.807, 2.05) is 4.90 Å². The maximum absolute atomic E-state index is 13.5. The Labute approximate surface area is 221 Å². The van der Waals surface area contributed by atoms with E-state index in [2.05, 4.69) is 10.5 Å². The number of benzene rings is 2. The van der Waals surface area contributed by atoms with Crippen LogP contribution in [0.5, 0.6) is 0 Å². The number of anilines is 3. The highest BCUT2D eigenvalue weighted by Gasteiger charge is 2.40. The van der Waals surface area contributed by atoms with Crippen LogP contribution in [0, 0.1) is 0 Å². The first-order chi connectivity index (χ1) is 18.1. The fourth-order valence-corrected chi connectivity index (χ4v) is 4.78. The molecule has 0 saturated carbocycles. The number of alkyl halides is 2. The Hall–Kier alpha value is -3.32. The van der Waals surface area contributed by atoms with Gasteiger partial charge in [0.05, 0.1) is 12.0 Å². The van der Waals surface area contributed by atoms with Gasteiger partial charge in [-0.25, -0.2) is 8.78 Å². The summed E-state index contributed by atoms with van der Waals surface area (Å²) in [4.78, 5) is 29.3. The number of rotatable bonds is 6. The van der Waals surface area contributed by atoms with E-state index in [1.54, 1.807) is 30.3 Å². The van der Waals surface area contributed by atoms with Crippen molar-refractivity contribution in [3.63, 3.8) is 0 Å². The van der Waals surface area contributed by atoms with E-state index in [-0.39, 0.29) is 44.9 Å². The summed E-state index contributed by atoms with van der Waals surface area (Å²) in [5, 5.41) is 17.9. The van der Waals surface area contributed by atoms with Crippen LogP contribution in [0.1, 0.15) is 18.4 Å². The SMILES string of the molecule is Nc1noc2cc(NC(=O)[C@H](O)[C@H]3OCCN(c4ccc(Cl)c(CN5CCC(F)(F)CC5)c4)C3=O)ccc12. The lowest BCUT2D eigenvalue weighted by Gasteiger charge is -2.35. The van der Waals surface area contributed by atoms with Gasteiger partial charge in [-0.2, -0.15) is 0 Å². The van der Waals surface area contributed by atoms with Crippen molar-refractivity contribution in [2.24, 2.45) is 0 Å². The Bertz CT molecular complexity index is 1360. The van der Waals surface area contributed by atoms with E-state index in [4.69, 9.17) is 26.6 Å². The third-order valence-corrected chi connectivity index (χ3v) is 7.14. The van der Waals surface area contributed by atoms with Gasteiger partial charge in [0.25, 0.3) is 17.7 Å². The van der Waals surface area contributed by atoms with Gasteiger partial charge in [-0.1, -0.05) is 16.8 Å². The van der Waals surface area contributed by atoms with Crippen LogP contribution in [0.2, 0.25) is 5.02 Å². The van der Waals surface area contributed by atoms with Gasteiger partial charge >= 0.3 is 0 Å². The highest BCUT2D eigenvalue weighted by atomic mass is 35.5. The number of hydrogen-bond donors (Lipinski definition) is 3. The van der Waals surface area contributed by atoms with Gasteiger partial charge in [0, 0.05) is 61.5 Å². The molecular formula is C25H26ClF2N5O5. The summed E-state index contributed by atoms with van der Waals surface area (Å²) >= 11 is 6.37. The number of nitrogens with zero attached hydrogens (tertiary/aromatic N) is 3. The molecule has 202 valence electrons. The van der Waals surface area contributed by atoms with E-state index in [1.165, 1.54) is 11.0 Å². The molecule has 2 aromatic carbocycles. The number of nitrogen functional groups attached to an aromatic ring is 1. The Kier molecular flexibility index (Phi) is 7.23. The first-order valence-corrected chi connectivity index (χ1v) is 12.4. The molecule has 0 bridgehead atoms. The van der Waals surface area contributed by atoms with E-state index in [0.717, 1.165) is 0 Å². The predicted molar refractivity (Wildman–Crippen MR) is 136 cm³/mol. The zero-order valence-corrected chi connectivity index (χ0v) is 21.0. The number of nitrogens with two attached hydrogens (primary N) is 1. The van der Waals surface area contributed by atoms with Gasteiger partial charge in [0.2, 0.25) is 0 Å². The molecule has 0 radical (unpaired) electrons. The van der Waals surface area contributed by atoms with Crippen molar-refractivity contribution in [1.29, 1.82) is 0 Å². The molecule has 38 heavy (non-hydrogen) atoms. The molecule has 1 aromatic heterocycles. The number of likely N-dealkylation sites (tertiary alicyclic amines) is 1. The smallest absolute Gasteiger partial charge is 0.259 e. The normalized spacial score (nSPS) is 21.0. The maximum atomic E-state index is 13.5. The number of amides is 2. The van der Waals surface area contributed by atoms with Crippen molar-refractivity contribution >= 4 is 51.6 Å². The minimum absolute atomic E-state index is 0.0865. The molecule has 2 saturated heterocycles. The minimum atomic E-state index is -2.65. The lowest BCUT2D eigenvalue weighted by molar-refractivity contribution is -0.150. The average Bonchev–Trinajstić information content (AvgIpc) is 3.26. The zero-order valence-electron chi connectivity index (χ0n) is 20.2. The van der Waals surface area contributed by atoms with Crippen LogP contribution >= 0.6 is 11.6 Å². The van der Waals surface area contributed by atoms with Crippen LogP contribution in [0.15, 0.2) is 40.9 Å². The quantitative estimate of drug-likeness (QED) is 0.427. The zero-order chi connectivity index (χ0) is 27.0.